The summed E-state index contributed by atoms with van der Waals surface area (Å²) >= 11 is 6.85. The molecule has 0 atom stereocenters. The minimum Gasteiger partial charge on any atom is -0.496 e. The molecule has 0 aliphatic carbocycles. The molecular weight excluding hydrogens is 389 g/mol. The summed E-state index contributed by atoms with van der Waals surface area (Å²) in [6.07, 6.45) is 0. The lowest BCUT2D eigenvalue weighted by atomic mass is 10.1. The van der Waals surface area contributed by atoms with Gasteiger partial charge in [0.2, 0.25) is 0 Å². The highest BCUT2D eigenvalue weighted by molar-refractivity contribution is 7.14. The van der Waals surface area contributed by atoms with Gasteiger partial charge in [0.25, 0.3) is 5.91 Å². The molecule has 0 saturated carbocycles. The second-order valence-corrected chi connectivity index (χ2v) is 6.35. The van der Waals surface area contributed by atoms with E-state index in [1.807, 2.05) is 0 Å². The van der Waals surface area contributed by atoms with E-state index in [4.69, 9.17) is 16.3 Å². The van der Waals surface area contributed by atoms with Gasteiger partial charge in [0.15, 0.2) is 16.8 Å². The van der Waals surface area contributed by atoms with Crippen LogP contribution in [0.25, 0.3) is 11.3 Å². The van der Waals surface area contributed by atoms with Gasteiger partial charge in [-0.25, -0.2) is 18.2 Å². The molecular formula is C17H10ClF3N2O2S. The number of hydrogen-bond acceptors (Lipinski definition) is 4. The summed E-state index contributed by atoms with van der Waals surface area (Å²) in [5.41, 5.74) is 0.568. The lowest BCUT2D eigenvalue weighted by Crippen LogP contribution is -2.13. The van der Waals surface area contributed by atoms with E-state index in [9.17, 15) is 18.0 Å². The monoisotopic (exact) mass is 398 g/mol. The summed E-state index contributed by atoms with van der Waals surface area (Å²) in [7, 11) is 1.44. The number of nitrogens with zero attached hydrogens (tertiary/aromatic N) is 1. The van der Waals surface area contributed by atoms with Crippen molar-refractivity contribution in [3.05, 3.63) is 63.7 Å². The summed E-state index contributed by atoms with van der Waals surface area (Å²) < 4.78 is 45.1. The first-order chi connectivity index (χ1) is 12.4. The highest BCUT2D eigenvalue weighted by Crippen LogP contribution is 2.33. The van der Waals surface area contributed by atoms with Crippen LogP contribution in [0.4, 0.5) is 18.3 Å². The van der Waals surface area contributed by atoms with Crippen LogP contribution in [0.2, 0.25) is 5.02 Å². The molecule has 3 aromatic rings. The van der Waals surface area contributed by atoms with Crippen LogP contribution in [0.15, 0.2) is 35.7 Å². The molecule has 2 aromatic carbocycles. The number of nitrogens with one attached hydrogen (secondary N) is 1. The summed E-state index contributed by atoms with van der Waals surface area (Å²) in [5, 5.41) is 3.99. The van der Waals surface area contributed by atoms with Crippen molar-refractivity contribution >= 4 is 34.0 Å². The molecule has 9 heteroatoms. The molecule has 0 radical (unpaired) electrons. The fraction of sp³-hybridized carbons (Fsp3) is 0.0588. The Kier molecular flexibility index (Phi) is 5.15. The third-order valence-electron chi connectivity index (χ3n) is 3.42. The molecule has 0 aliphatic rings. The molecule has 0 bridgehead atoms. The van der Waals surface area contributed by atoms with E-state index >= 15 is 0 Å². The highest BCUT2D eigenvalue weighted by atomic mass is 35.5. The Morgan fingerprint density at radius 3 is 2.65 bits per heavy atom. The van der Waals surface area contributed by atoms with Crippen LogP contribution < -0.4 is 10.1 Å². The molecule has 3 rings (SSSR count). The van der Waals surface area contributed by atoms with E-state index in [1.165, 1.54) is 25.3 Å². The number of carbonyl (C=O) groups excluding carboxylic acids is 1. The summed E-state index contributed by atoms with van der Waals surface area (Å²) in [6, 6.07) is 5.39. The number of rotatable bonds is 4. The van der Waals surface area contributed by atoms with Gasteiger partial charge in [0, 0.05) is 10.9 Å². The lowest BCUT2D eigenvalue weighted by Gasteiger charge is -2.06. The number of ether oxygens (including phenoxy) is 1. The fourth-order valence-corrected chi connectivity index (χ4v) is 3.14. The molecule has 26 heavy (non-hydrogen) atoms. The molecule has 4 nitrogen and oxygen atoms in total. The molecule has 1 heterocycles. The van der Waals surface area contributed by atoms with Crippen molar-refractivity contribution in [3.8, 4) is 17.0 Å². The average Bonchev–Trinajstić information content (AvgIpc) is 3.06. The second-order valence-electron chi connectivity index (χ2n) is 5.08. The zero-order chi connectivity index (χ0) is 18.8. The topological polar surface area (TPSA) is 51.2 Å². The fourth-order valence-electron chi connectivity index (χ4n) is 2.20. The van der Waals surface area contributed by atoms with Crippen molar-refractivity contribution < 1.29 is 22.7 Å². The molecule has 0 aliphatic heterocycles. The third kappa shape index (κ3) is 3.66. The smallest absolute Gasteiger partial charge is 0.259 e. The van der Waals surface area contributed by atoms with Crippen LogP contribution >= 0.6 is 22.9 Å². The lowest BCUT2D eigenvalue weighted by molar-refractivity contribution is 0.102. The Balaban J connectivity index is 1.86. The van der Waals surface area contributed by atoms with Crippen molar-refractivity contribution in [3.63, 3.8) is 0 Å². The molecule has 1 N–H and O–H groups in total. The Labute approximate surface area is 155 Å². The van der Waals surface area contributed by atoms with Crippen molar-refractivity contribution in [2.75, 3.05) is 12.4 Å². The van der Waals surface area contributed by atoms with Crippen molar-refractivity contribution in [2.45, 2.75) is 0 Å². The number of aromatic nitrogens is 1. The first kappa shape index (κ1) is 18.2. The van der Waals surface area contributed by atoms with Gasteiger partial charge < -0.3 is 4.74 Å². The molecule has 1 aromatic heterocycles. The van der Waals surface area contributed by atoms with Crippen LogP contribution in [0.3, 0.4) is 0 Å². The summed E-state index contributed by atoms with van der Waals surface area (Å²) in [4.78, 5) is 16.4. The van der Waals surface area contributed by atoms with E-state index in [0.29, 0.717) is 23.1 Å². The maximum Gasteiger partial charge on any atom is 0.259 e. The van der Waals surface area contributed by atoms with Crippen molar-refractivity contribution in [2.24, 2.45) is 0 Å². The van der Waals surface area contributed by atoms with Gasteiger partial charge in [-0.2, -0.15) is 0 Å². The van der Waals surface area contributed by atoms with Gasteiger partial charge in [-0.15, -0.1) is 11.3 Å². The van der Waals surface area contributed by atoms with Crippen LogP contribution in [-0.2, 0) is 0 Å². The van der Waals surface area contributed by atoms with Crippen molar-refractivity contribution in [1.29, 1.82) is 0 Å². The van der Waals surface area contributed by atoms with Gasteiger partial charge in [-0.05, 0) is 30.3 Å². The van der Waals surface area contributed by atoms with E-state index < -0.39 is 23.4 Å². The van der Waals surface area contributed by atoms with Gasteiger partial charge >= 0.3 is 0 Å². The Hall–Kier alpha value is -2.58. The van der Waals surface area contributed by atoms with Crippen LogP contribution in [0.5, 0.6) is 5.75 Å². The Morgan fingerprint density at radius 2 is 1.92 bits per heavy atom. The SMILES string of the molecule is COc1ccc(F)cc1-c1csc(NC(=O)c2cc(F)c(F)cc2Cl)n1. The van der Waals surface area contributed by atoms with E-state index in [2.05, 4.69) is 10.3 Å². The molecule has 0 fully saturated rings. The predicted octanol–water partition coefficient (Wildman–Crippen LogP) is 5.14. The first-order valence-corrected chi connectivity index (χ1v) is 8.40. The van der Waals surface area contributed by atoms with Gasteiger partial charge in [-0.3, -0.25) is 10.1 Å². The average molecular weight is 399 g/mol. The van der Waals surface area contributed by atoms with E-state index in [-0.39, 0.29) is 15.7 Å². The minimum absolute atomic E-state index is 0.178. The second kappa shape index (κ2) is 7.35. The number of benzene rings is 2. The molecule has 0 unspecified atom stereocenters. The molecule has 134 valence electrons. The molecule has 0 saturated heterocycles. The van der Waals surface area contributed by atoms with Crippen LogP contribution in [-0.4, -0.2) is 18.0 Å². The predicted molar refractivity (Wildman–Crippen MR) is 93.4 cm³/mol. The van der Waals surface area contributed by atoms with E-state index in [1.54, 1.807) is 5.38 Å². The quantitative estimate of drug-likeness (QED) is 0.619. The number of halogens is 4. The summed E-state index contributed by atoms with van der Waals surface area (Å²) in [6.45, 7) is 0. The van der Waals surface area contributed by atoms with E-state index in [0.717, 1.165) is 17.4 Å². The first-order valence-electron chi connectivity index (χ1n) is 7.14. The molecule has 0 spiro atoms. The zero-order valence-electron chi connectivity index (χ0n) is 13.1. The zero-order valence-corrected chi connectivity index (χ0v) is 14.7. The van der Waals surface area contributed by atoms with Gasteiger partial charge in [0.1, 0.15) is 11.6 Å². The number of anilines is 1. The number of methoxy groups -OCH3 is 1. The maximum absolute atomic E-state index is 13.5. The van der Waals surface area contributed by atoms with Crippen LogP contribution in [0, 0.1) is 17.5 Å². The number of thiazole rings is 1. The number of amides is 1. The number of carbonyl (C=O) groups is 1. The Bertz CT molecular complexity index is 994. The minimum atomic E-state index is -1.19. The highest BCUT2D eigenvalue weighted by Gasteiger charge is 2.17. The Morgan fingerprint density at radius 1 is 1.19 bits per heavy atom. The summed E-state index contributed by atoms with van der Waals surface area (Å²) in [5.74, 6) is -3.14. The van der Waals surface area contributed by atoms with Crippen LogP contribution in [0.1, 0.15) is 10.4 Å². The normalized spacial score (nSPS) is 10.7. The van der Waals surface area contributed by atoms with Gasteiger partial charge in [0.05, 0.1) is 23.4 Å². The largest absolute Gasteiger partial charge is 0.496 e. The third-order valence-corrected chi connectivity index (χ3v) is 4.49. The standard InChI is InChI=1S/C17H10ClF3N2O2S/c1-25-15-3-2-8(19)4-10(15)14-7-26-17(22-14)23-16(24)9-5-12(20)13(21)6-11(9)18/h2-7H,1H3,(H,22,23,24). The number of hydrogen-bond donors (Lipinski definition) is 1. The van der Waals surface area contributed by atoms with Gasteiger partial charge in [-0.1, -0.05) is 11.6 Å². The maximum atomic E-state index is 13.5. The van der Waals surface area contributed by atoms with Crippen molar-refractivity contribution in [1.82, 2.24) is 4.98 Å². The molecule has 1 amide bonds.